The summed E-state index contributed by atoms with van der Waals surface area (Å²) >= 11 is 0. The summed E-state index contributed by atoms with van der Waals surface area (Å²) in [5.74, 6) is 0.519. The Kier molecular flexibility index (Phi) is 6.36. The third kappa shape index (κ3) is 5.14. The van der Waals surface area contributed by atoms with Crippen LogP contribution in [0.5, 0.6) is 0 Å². The largest absolute Gasteiger partial charge is 0.383 e. The number of hydrogen-bond donors (Lipinski definition) is 2. The summed E-state index contributed by atoms with van der Waals surface area (Å²) in [6.07, 6.45) is 4.57. The first-order chi connectivity index (χ1) is 7.34. The van der Waals surface area contributed by atoms with Crippen LogP contribution in [0.15, 0.2) is 0 Å². The number of ether oxygens (including phenoxy) is 1. The summed E-state index contributed by atoms with van der Waals surface area (Å²) in [4.78, 5) is 11.6. The van der Waals surface area contributed by atoms with Crippen molar-refractivity contribution < 1.29 is 9.53 Å². The van der Waals surface area contributed by atoms with Gasteiger partial charge in [0.2, 0.25) is 5.91 Å². The maximum absolute atomic E-state index is 11.6. The zero-order valence-electron chi connectivity index (χ0n) is 9.55. The average Bonchev–Trinajstić information content (AvgIpc) is 2.76. The Labute approximate surface area is 91.8 Å². The van der Waals surface area contributed by atoms with E-state index in [1.807, 2.05) is 0 Å². The number of methoxy groups -OCH3 is 1. The molecule has 1 aliphatic carbocycles. The molecule has 0 radical (unpaired) electrons. The minimum atomic E-state index is 0.237. The van der Waals surface area contributed by atoms with Crippen molar-refractivity contribution in [1.29, 1.82) is 0 Å². The van der Waals surface area contributed by atoms with Gasteiger partial charge < -0.3 is 15.4 Å². The Morgan fingerprint density at radius 3 is 2.67 bits per heavy atom. The molecule has 1 aliphatic rings. The fraction of sp³-hybridized carbons (Fsp3) is 0.909. The van der Waals surface area contributed by atoms with Crippen LogP contribution in [0.3, 0.4) is 0 Å². The molecule has 0 saturated heterocycles. The van der Waals surface area contributed by atoms with E-state index in [0.717, 1.165) is 39.1 Å². The molecule has 0 heterocycles. The molecule has 0 bridgehead atoms. The Bertz CT molecular complexity index is 179. The summed E-state index contributed by atoms with van der Waals surface area (Å²) < 4.78 is 4.90. The first kappa shape index (κ1) is 12.5. The number of hydrogen-bond acceptors (Lipinski definition) is 3. The highest BCUT2D eigenvalue weighted by atomic mass is 16.5. The van der Waals surface area contributed by atoms with Gasteiger partial charge in [-0.25, -0.2) is 0 Å². The highest BCUT2D eigenvalue weighted by Gasteiger charge is 2.21. The van der Waals surface area contributed by atoms with E-state index in [1.54, 1.807) is 7.11 Å². The lowest BCUT2D eigenvalue weighted by atomic mass is 10.1. The van der Waals surface area contributed by atoms with Crippen molar-refractivity contribution in [3.05, 3.63) is 0 Å². The predicted molar refractivity (Wildman–Crippen MR) is 59.7 cm³/mol. The molecule has 1 amide bonds. The monoisotopic (exact) mass is 214 g/mol. The molecule has 4 heteroatoms. The number of carbonyl (C=O) groups is 1. The van der Waals surface area contributed by atoms with E-state index in [1.165, 1.54) is 12.8 Å². The second-order valence-corrected chi connectivity index (χ2v) is 4.02. The fourth-order valence-corrected chi connectivity index (χ4v) is 1.91. The Morgan fingerprint density at radius 1 is 1.27 bits per heavy atom. The van der Waals surface area contributed by atoms with Gasteiger partial charge in [0.1, 0.15) is 0 Å². The van der Waals surface area contributed by atoms with Crippen molar-refractivity contribution in [2.45, 2.75) is 25.7 Å². The third-order valence-corrected chi connectivity index (χ3v) is 2.81. The number of amides is 1. The number of rotatable bonds is 7. The molecule has 1 saturated carbocycles. The molecular formula is C11H22N2O2. The van der Waals surface area contributed by atoms with Crippen LogP contribution in [0.1, 0.15) is 25.7 Å². The second-order valence-electron chi connectivity index (χ2n) is 4.02. The van der Waals surface area contributed by atoms with E-state index in [4.69, 9.17) is 4.74 Å². The van der Waals surface area contributed by atoms with Crippen molar-refractivity contribution in [2.75, 3.05) is 33.4 Å². The van der Waals surface area contributed by atoms with Crippen LogP contribution in [0.2, 0.25) is 0 Å². The van der Waals surface area contributed by atoms with Gasteiger partial charge in [-0.1, -0.05) is 12.8 Å². The van der Waals surface area contributed by atoms with Crippen molar-refractivity contribution in [3.63, 3.8) is 0 Å². The molecule has 4 nitrogen and oxygen atoms in total. The highest BCUT2D eigenvalue weighted by Crippen LogP contribution is 2.24. The van der Waals surface area contributed by atoms with E-state index >= 15 is 0 Å². The second kappa shape index (κ2) is 7.65. The van der Waals surface area contributed by atoms with E-state index < -0.39 is 0 Å². The standard InChI is InChI=1S/C11H22N2O2/c1-15-9-8-12-6-7-13-11(14)10-4-2-3-5-10/h10,12H,2-9H2,1H3,(H,13,14). The molecule has 0 aromatic rings. The van der Waals surface area contributed by atoms with Crippen LogP contribution in [0, 0.1) is 5.92 Å². The van der Waals surface area contributed by atoms with Gasteiger partial charge in [-0.3, -0.25) is 4.79 Å². The molecule has 2 N–H and O–H groups in total. The fourth-order valence-electron chi connectivity index (χ4n) is 1.91. The molecule has 15 heavy (non-hydrogen) atoms. The van der Waals surface area contributed by atoms with Gasteiger partial charge in [-0.15, -0.1) is 0 Å². The topological polar surface area (TPSA) is 50.4 Å². The van der Waals surface area contributed by atoms with E-state index in [9.17, 15) is 4.79 Å². The summed E-state index contributed by atoms with van der Waals surface area (Å²) in [5.41, 5.74) is 0. The molecule has 1 rings (SSSR count). The lowest BCUT2D eigenvalue weighted by Gasteiger charge is -2.10. The van der Waals surface area contributed by atoms with E-state index in [0.29, 0.717) is 0 Å². The quantitative estimate of drug-likeness (QED) is 0.608. The maximum atomic E-state index is 11.6. The summed E-state index contributed by atoms with van der Waals surface area (Å²) in [6, 6.07) is 0. The lowest BCUT2D eigenvalue weighted by Crippen LogP contribution is -2.35. The zero-order valence-corrected chi connectivity index (χ0v) is 9.55. The highest BCUT2D eigenvalue weighted by molar-refractivity contribution is 5.78. The Hall–Kier alpha value is -0.610. The minimum Gasteiger partial charge on any atom is -0.383 e. The average molecular weight is 214 g/mol. The number of carbonyl (C=O) groups excluding carboxylic acids is 1. The Balaban J connectivity index is 1.92. The molecule has 0 unspecified atom stereocenters. The molecule has 0 atom stereocenters. The lowest BCUT2D eigenvalue weighted by molar-refractivity contribution is -0.124. The zero-order chi connectivity index (χ0) is 10.9. The van der Waals surface area contributed by atoms with Crippen LogP contribution < -0.4 is 10.6 Å². The minimum absolute atomic E-state index is 0.237. The van der Waals surface area contributed by atoms with Crippen molar-refractivity contribution in [2.24, 2.45) is 5.92 Å². The van der Waals surface area contributed by atoms with Crippen molar-refractivity contribution >= 4 is 5.91 Å². The molecule has 0 aromatic carbocycles. The number of nitrogens with one attached hydrogen (secondary N) is 2. The molecular weight excluding hydrogens is 192 g/mol. The third-order valence-electron chi connectivity index (χ3n) is 2.81. The van der Waals surface area contributed by atoms with Crippen molar-refractivity contribution in [3.8, 4) is 0 Å². The SMILES string of the molecule is COCCNCCNC(=O)C1CCCC1. The van der Waals surface area contributed by atoms with Gasteiger partial charge in [0.05, 0.1) is 6.61 Å². The van der Waals surface area contributed by atoms with Crippen LogP contribution in [-0.4, -0.2) is 39.3 Å². The summed E-state index contributed by atoms with van der Waals surface area (Å²) in [7, 11) is 1.68. The Morgan fingerprint density at radius 2 is 2.00 bits per heavy atom. The predicted octanol–water partition coefficient (Wildman–Crippen LogP) is 0.529. The smallest absolute Gasteiger partial charge is 0.223 e. The van der Waals surface area contributed by atoms with Gasteiger partial charge in [0, 0.05) is 32.7 Å². The van der Waals surface area contributed by atoms with E-state index in [2.05, 4.69) is 10.6 Å². The van der Waals surface area contributed by atoms with Crippen LogP contribution in [0.4, 0.5) is 0 Å². The normalized spacial score (nSPS) is 16.9. The maximum Gasteiger partial charge on any atom is 0.223 e. The van der Waals surface area contributed by atoms with Crippen LogP contribution >= 0.6 is 0 Å². The summed E-state index contributed by atoms with van der Waals surface area (Å²) in [6.45, 7) is 3.10. The van der Waals surface area contributed by atoms with Crippen LogP contribution in [-0.2, 0) is 9.53 Å². The molecule has 0 aromatic heterocycles. The first-order valence-corrected chi connectivity index (χ1v) is 5.82. The molecule has 0 spiro atoms. The van der Waals surface area contributed by atoms with E-state index in [-0.39, 0.29) is 11.8 Å². The summed E-state index contributed by atoms with van der Waals surface area (Å²) in [5, 5.41) is 6.15. The van der Waals surface area contributed by atoms with Gasteiger partial charge in [-0.2, -0.15) is 0 Å². The van der Waals surface area contributed by atoms with Gasteiger partial charge in [-0.05, 0) is 12.8 Å². The first-order valence-electron chi connectivity index (χ1n) is 5.82. The molecule has 1 fully saturated rings. The molecule has 0 aliphatic heterocycles. The van der Waals surface area contributed by atoms with Crippen LogP contribution in [0.25, 0.3) is 0 Å². The van der Waals surface area contributed by atoms with Gasteiger partial charge >= 0.3 is 0 Å². The van der Waals surface area contributed by atoms with Crippen molar-refractivity contribution in [1.82, 2.24) is 10.6 Å². The molecule has 88 valence electrons. The van der Waals surface area contributed by atoms with Gasteiger partial charge in [0.25, 0.3) is 0 Å². The van der Waals surface area contributed by atoms with Gasteiger partial charge in [0.15, 0.2) is 0 Å².